The SMILES string of the molecule is C=C1CC(C#N)(C(=NC)/C(F)=C\CC)C1. The molecular formula is C12H15FN2. The molecule has 1 aliphatic carbocycles. The van der Waals surface area contributed by atoms with Gasteiger partial charge in [-0.1, -0.05) is 19.1 Å². The maximum atomic E-state index is 13.6. The van der Waals surface area contributed by atoms with E-state index in [1.165, 1.54) is 13.1 Å². The maximum Gasteiger partial charge on any atom is 0.141 e. The van der Waals surface area contributed by atoms with Crippen LogP contribution in [0.1, 0.15) is 26.2 Å². The van der Waals surface area contributed by atoms with Crippen LogP contribution in [0.4, 0.5) is 4.39 Å². The van der Waals surface area contributed by atoms with Crippen LogP contribution in [0.15, 0.2) is 29.0 Å². The van der Waals surface area contributed by atoms with Gasteiger partial charge in [0.1, 0.15) is 11.2 Å². The van der Waals surface area contributed by atoms with Crippen LogP contribution >= 0.6 is 0 Å². The van der Waals surface area contributed by atoms with Gasteiger partial charge in [-0.05, 0) is 25.3 Å². The van der Waals surface area contributed by atoms with Crippen molar-refractivity contribution < 1.29 is 4.39 Å². The fourth-order valence-corrected chi connectivity index (χ4v) is 1.93. The lowest BCUT2D eigenvalue weighted by Gasteiger charge is -2.37. The van der Waals surface area contributed by atoms with E-state index in [0.717, 1.165) is 5.57 Å². The average Bonchev–Trinajstić information content (AvgIpc) is 2.16. The van der Waals surface area contributed by atoms with E-state index in [0.29, 0.717) is 19.3 Å². The molecule has 0 N–H and O–H groups in total. The molecule has 0 heterocycles. The molecule has 2 nitrogen and oxygen atoms in total. The van der Waals surface area contributed by atoms with E-state index in [-0.39, 0.29) is 11.5 Å². The van der Waals surface area contributed by atoms with Gasteiger partial charge in [-0.2, -0.15) is 5.26 Å². The highest BCUT2D eigenvalue weighted by atomic mass is 19.1. The van der Waals surface area contributed by atoms with Crippen molar-refractivity contribution in [3.8, 4) is 6.07 Å². The van der Waals surface area contributed by atoms with Gasteiger partial charge in [-0.15, -0.1) is 0 Å². The van der Waals surface area contributed by atoms with Crippen LogP contribution in [-0.4, -0.2) is 12.8 Å². The minimum atomic E-state index is -0.762. The predicted octanol–water partition coefficient (Wildman–Crippen LogP) is 3.18. The third-order valence-electron chi connectivity index (χ3n) is 2.60. The van der Waals surface area contributed by atoms with Crippen molar-refractivity contribution in [3.05, 3.63) is 24.1 Å². The number of allylic oxidation sites excluding steroid dienone is 3. The van der Waals surface area contributed by atoms with Gasteiger partial charge in [-0.25, -0.2) is 4.39 Å². The standard InChI is InChI=1S/C12H15FN2/c1-4-5-10(13)11(15-3)12(8-14)6-9(2)7-12/h5H,2,4,6-7H2,1,3H3/b10-5+,15-11?. The minimum Gasteiger partial charge on any atom is -0.288 e. The molecule has 1 saturated carbocycles. The highest BCUT2D eigenvalue weighted by molar-refractivity contribution is 6.05. The van der Waals surface area contributed by atoms with Gasteiger partial charge in [0.15, 0.2) is 0 Å². The van der Waals surface area contributed by atoms with Crippen molar-refractivity contribution in [2.24, 2.45) is 10.4 Å². The fraction of sp³-hybridized carbons (Fsp3) is 0.500. The van der Waals surface area contributed by atoms with Crippen LogP contribution in [0.5, 0.6) is 0 Å². The van der Waals surface area contributed by atoms with Crippen LogP contribution in [0.25, 0.3) is 0 Å². The summed E-state index contributed by atoms with van der Waals surface area (Å²) in [6, 6.07) is 2.16. The molecule has 1 rings (SSSR count). The third kappa shape index (κ3) is 1.99. The fourth-order valence-electron chi connectivity index (χ4n) is 1.93. The Bertz CT molecular complexity index is 364. The van der Waals surface area contributed by atoms with Crippen molar-refractivity contribution in [2.45, 2.75) is 26.2 Å². The minimum absolute atomic E-state index is 0.277. The monoisotopic (exact) mass is 206 g/mol. The van der Waals surface area contributed by atoms with Crippen LogP contribution in [-0.2, 0) is 0 Å². The number of hydrogen-bond acceptors (Lipinski definition) is 2. The average molecular weight is 206 g/mol. The van der Waals surface area contributed by atoms with Crippen LogP contribution in [0.2, 0.25) is 0 Å². The van der Waals surface area contributed by atoms with E-state index < -0.39 is 5.41 Å². The highest BCUT2D eigenvalue weighted by Crippen LogP contribution is 2.46. The summed E-state index contributed by atoms with van der Waals surface area (Å²) in [6.45, 7) is 5.63. The number of halogens is 1. The summed E-state index contributed by atoms with van der Waals surface area (Å²) in [6.07, 6.45) is 3.12. The van der Waals surface area contributed by atoms with Crippen molar-refractivity contribution in [2.75, 3.05) is 7.05 Å². The summed E-state index contributed by atoms with van der Waals surface area (Å²) < 4.78 is 13.6. The topological polar surface area (TPSA) is 36.1 Å². The van der Waals surface area contributed by atoms with Gasteiger partial charge < -0.3 is 0 Å². The molecule has 1 fully saturated rings. The molecule has 0 aromatic rings. The lowest BCUT2D eigenvalue weighted by molar-refractivity contribution is 0.419. The lowest BCUT2D eigenvalue weighted by Crippen LogP contribution is -2.38. The molecular weight excluding hydrogens is 191 g/mol. The number of aliphatic imine (C=N–C) groups is 1. The summed E-state index contributed by atoms with van der Waals surface area (Å²) in [5.41, 5.74) is 0.503. The molecule has 1 aliphatic rings. The van der Waals surface area contributed by atoms with Gasteiger partial charge in [0.25, 0.3) is 0 Å². The molecule has 3 heteroatoms. The number of nitriles is 1. The van der Waals surface area contributed by atoms with Crippen molar-refractivity contribution in [3.63, 3.8) is 0 Å². The summed E-state index contributed by atoms with van der Waals surface area (Å²) in [5, 5.41) is 9.11. The predicted molar refractivity (Wildman–Crippen MR) is 59.3 cm³/mol. The largest absolute Gasteiger partial charge is 0.288 e. The first-order valence-corrected chi connectivity index (χ1v) is 5.01. The Kier molecular flexibility index (Phi) is 3.41. The van der Waals surface area contributed by atoms with Gasteiger partial charge in [-0.3, -0.25) is 4.99 Å². The van der Waals surface area contributed by atoms with Gasteiger partial charge in [0.05, 0.1) is 11.8 Å². The third-order valence-corrected chi connectivity index (χ3v) is 2.60. The molecule has 0 saturated heterocycles. The van der Waals surface area contributed by atoms with Crippen molar-refractivity contribution in [1.29, 1.82) is 5.26 Å². The zero-order valence-corrected chi connectivity index (χ0v) is 9.18. The molecule has 0 amide bonds. The smallest absolute Gasteiger partial charge is 0.141 e. The van der Waals surface area contributed by atoms with Crippen molar-refractivity contribution >= 4 is 5.71 Å². The molecule has 0 spiro atoms. The van der Waals surface area contributed by atoms with Crippen LogP contribution in [0, 0.1) is 16.7 Å². The Hall–Kier alpha value is -1.43. The van der Waals surface area contributed by atoms with Crippen LogP contribution in [0.3, 0.4) is 0 Å². The normalized spacial score (nSPS) is 20.8. The highest BCUT2D eigenvalue weighted by Gasteiger charge is 2.46. The van der Waals surface area contributed by atoms with E-state index in [1.807, 2.05) is 6.92 Å². The van der Waals surface area contributed by atoms with Gasteiger partial charge in [0, 0.05) is 7.05 Å². The Labute approximate surface area is 89.8 Å². The van der Waals surface area contributed by atoms with E-state index in [2.05, 4.69) is 17.6 Å². The molecule has 0 aromatic heterocycles. The summed E-state index contributed by atoms with van der Waals surface area (Å²) in [4.78, 5) is 3.92. The maximum absolute atomic E-state index is 13.6. The summed E-state index contributed by atoms with van der Waals surface area (Å²) in [5.74, 6) is -0.367. The number of rotatable bonds is 3. The number of nitrogens with zero attached hydrogens (tertiary/aromatic N) is 2. The molecule has 0 unspecified atom stereocenters. The molecule has 0 aromatic carbocycles. The Morgan fingerprint density at radius 2 is 2.33 bits per heavy atom. The molecule has 80 valence electrons. The van der Waals surface area contributed by atoms with Crippen molar-refractivity contribution in [1.82, 2.24) is 0 Å². The van der Waals surface area contributed by atoms with Gasteiger partial charge >= 0.3 is 0 Å². The summed E-state index contributed by atoms with van der Waals surface area (Å²) in [7, 11) is 1.53. The number of hydrogen-bond donors (Lipinski definition) is 0. The first-order chi connectivity index (χ1) is 7.09. The molecule has 0 radical (unpaired) electrons. The van der Waals surface area contributed by atoms with Crippen LogP contribution < -0.4 is 0 Å². The molecule has 0 aliphatic heterocycles. The van der Waals surface area contributed by atoms with E-state index >= 15 is 0 Å². The zero-order valence-electron chi connectivity index (χ0n) is 9.18. The first-order valence-electron chi connectivity index (χ1n) is 5.01. The van der Waals surface area contributed by atoms with E-state index in [9.17, 15) is 4.39 Å². The first kappa shape index (κ1) is 11.6. The van der Waals surface area contributed by atoms with E-state index in [1.54, 1.807) is 0 Å². The summed E-state index contributed by atoms with van der Waals surface area (Å²) >= 11 is 0. The quantitative estimate of drug-likeness (QED) is 0.516. The van der Waals surface area contributed by atoms with E-state index in [4.69, 9.17) is 5.26 Å². The Morgan fingerprint density at radius 1 is 1.73 bits per heavy atom. The molecule has 0 bridgehead atoms. The Morgan fingerprint density at radius 3 is 2.67 bits per heavy atom. The Balaban J connectivity index is 2.99. The molecule has 15 heavy (non-hydrogen) atoms. The zero-order chi connectivity index (χ0) is 11.5. The second-order valence-corrected chi connectivity index (χ2v) is 3.83. The molecule has 0 atom stereocenters. The second kappa shape index (κ2) is 4.39. The van der Waals surface area contributed by atoms with Gasteiger partial charge in [0.2, 0.25) is 0 Å². The second-order valence-electron chi connectivity index (χ2n) is 3.83. The lowest BCUT2D eigenvalue weighted by atomic mass is 9.63.